The highest BCUT2D eigenvalue weighted by atomic mass is 32.2. The molecular weight excluding hydrogens is 398 g/mol. The Morgan fingerprint density at radius 1 is 1.18 bits per heavy atom. The summed E-state index contributed by atoms with van der Waals surface area (Å²) in [4.78, 5) is 22.9. The van der Waals surface area contributed by atoms with Crippen LogP contribution in [-0.2, 0) is 28.0 Å². The SMILES string of the molecule is CSOC1C(C=O)OC(OC2C(O)C(CO)OC(C)C2NC(C)=O)C(O)C1O. The molecule has 1 amide bonds. The first-order chi connectivity index (χ1) is 13.2. The van der Waals surface area contributed by atoms with Gasteiger partial charge in [0.25, 0.3) is 0 Å². The Balaban J connectivity index is 2.22. The number of aliphatic hydroxyl groups excluding tert-OH is 4. The minimum absolute atomic E-state index is 0.409. The van der Waals surface area contributed by atoms with Gasteiger partial charge in [-0.1, -0.05) is 0 Å². The monoisotopic (exact) mass is 425 g/mol. The van der Waals surface area contributed by atoms with Crippen molar-refractivity contribution in [3.63, 3.8) is 0 Å². The third-order valence-electron chi connectivity index (χ3n) is 4.73. The van der Waals surface area contributed by atoms with Crippen LogP contribution >= 0.6 is 12.0 Å². The fourth-order valence-corrected chi connectivity index (χ4v) is 3.79. The molecule has 0 radical (unpaired) electrons. The Labute approximate surface area is 166 Å². The third-order valence-corrected chi connectivity index (χ3v) is 5.14. The zero-order chi connectivity index (χ0) is 21.0. The summed E-state index contributed by atoms with van der Waals surface area (Å²) in [5, 5.41) is 43.2. The predicted octanol–water partition coefficient (Wildman–Crippen LogP) is -2.67. The molecule has 0 aromatic rings. The maximum absolute atomic E-state index is 11.5. The number of hydrogen-bond acceptors (Lipinski definition) is 11. The quantitative estimate of drug-likeness (QED) is 0.213. The van der Waals surface area contributed by atoms with Crippen LogP contribution in [0.2, 0.25) is 0 Å². The molecule has 0 aromatic heterocycles. The highest BCUT2D eigenvalue weighted by molar-refractivity contribution is 7.93. The molecule has 0 bridgehead atoms. The molecule has 162 valence electrons. The molecule has 28 heavy (non-hydrogen) atoms. The molecule has 5 N–H and O–H groups in total. The lowest BCUT2D eigenvalue weighted by molar-refractivity contribution is -0.318. The number of ether oxygens (including phenoxy) is 3. The van der Waals surface area contributed by atoms with E-state index in [2.05, 4.69) is 5.32 Å². The third kappa shape index (κ3) is 5.01. The highest BCUT2D eigenvalue weighted by Crippen LogP contribution is 2.30. The van der Waals surface area contributed by atoms with E-state index in [0.717, 1.165) is 12.0 Å². The fourth-order valence-electron chi connectivity index (χ4n) is 3.34. The number of rotatable bonds is 7. The molecule has 2 aliphatic rings. The van der Waals surface area contributed by atoms with Crippen LogP contribution in [0.4, 0.5) is 0 Å². The van der Waals surface area contributed by atoms with Crippen LogP contribution in [0, 0.1) is 0 Å². The first-order valence-electron chi connectivity index (χ1n) is 8.78. The standard InChI is InChI=1S/C16H27NO10S/c1-6-10(17-7(2)20)15(11(21)8(4-18)24-6)26-16-13(23)12(22)14(27-28-3)9(5-19)25-16/h5-6,8-16,18,21-23H,4H2,1-3H3,(H,17,20). The van der Waals surface area contributed by atoms with Crippen molar-refractivity contribution in [2.75, 3.05) is 12.9 Å². The molecule has 10 atom stereocenters. The molecule has 2 saturated heterocycles. The van der Waals surface area contributed by atoms with E-state index >= 15 is 0 Å². The number of aldehydes is 1. The average Bonchev–Trinajstić information content (AvgIpc) is 2.66. The summed E-state index contributed by atoms with van der Waals surface area (Å²) in [6.45, 7) is 2.39. The fraction of sp³-hybridized carbons (Fsp3) is 0.875. The summed E-state index contributed by atoms with van der Waals surface area (Å²) in [7, 11) is 0. The van der Waals surface area contributed by atoms with Crippen LogP contribution in [0.5, 0.6) is 0 Å². The van der Waals surface area contributed by atoms with Gasteiger partial charge in [0.1, 0.15) is 42.7 Å². The Hall–Kier alpha value is -0.830. The van der Waals surface area contributed by atoms with Crippen LogP contribution in [0.15, 0.2) is 0 Å². The van der Waals surface area contributed by atoms with E-state index in [-0.39, 0.29) is 0 Å². The van der Waals surface area contributed by atoms with Crippen LogP contribution in [0.25, 0.3) is 0 Å². The summed E-state index contributed by atoms with van der Waals surface area (Å²) >= 11 is 0.899. The Bertz CT molecular complexity index is 540. The van der Waals surface area contributed by atoms with Crippen molar-refractivity contribution < 1.29 is 48.4 Å². The van der Waals surface area contributed by atoms with E-state index in [1.807, 2.05) is 0 Å². The van der Waals surface area contributed by atoms with Crippen molar-refractivity contribution in [2.45, 2.75) is 75.0 Å². The van der Waals surface area contributed by atoms with Gasteiger partial charge in [-0.2, -0.15) is 0 Å². The second-order valence-electron chi connectivity index (χ2n) is 6.69. The molecule has 10 unspecified atom stereocenters. The van der Waals surface area contributed by atoms with E-state index in [4.69, 9.17) is 18.4 Å². The van der Waals surface area contributed by atoms with Gasteiger partial charge in [-0.15, -0.1) is 0 Å². The predicted molar refractivity (Wildman–Crippen MR) is 95.0 cm³/mol. The van der Waals surface area contributed by atoms with Crippen LogP contribution in [0.1, 0.15) is 13.8 Å². The van der Waals surface area contributed by atoms with Crippen LogP contribution in [-0.4, -0.2) is 107 Å². The van der Waals surface area contributed by atoms with Crippen molar-refractivity contribution in [2.24, 2.45) is 0 Å². The van der Waals surface area contributed by atoms with Gasteiger partial charge in [0.05, 0.1) is 18.8 Å². The average molecular weight is 425 g/mol. The topological polar surface area (TPSA) is 164 Å². The van der Waals surface area contributed by atoms with Gasteiger partial charge in [-0.05, 0) is 19.0 Å². The molecule has 2 rings (SSSR count). The number of aliphatic hydroxyl groups is 4. The first kappa shape index (κ1) is 23.4. The minimum atomic E-state index is -1.59. The Kier molecular flexibility index (Phi) is 8.60. The zero-order valence-corrected chi connectivity index (χ0v) is 16.5. The zero-order valence-electron chi connectivity index (χ0n) is 15.7. The number of amides is 1. The molecule has 0 spiro atoms. The van der Waals surface area contributed by atoms with Gasteiger partial charge in [0.15, 0.2) is 12.6 Å². The second kappa shape index (κ2) is 10.3. The van der Waals surface area contributed by atoms with Crippen LogP contribution in [0.3, 0.4) is 0 Å². The van der Waals surface area contributed by atoms with Crippen molar-refractivity contribution in [3.8, 4) is 0 Å². The maximum Gasteiger partial charge on any atom is 0.217 e. The lowest BCUT2D eigenvalue weighted by Gasteiger charge is -2.47. The molecule has 2 fully saturated rings. The van der Waals surface area contributed by atoms with Gasteiger partial charge in [-0.3, -0.25) is 4.79 Å². The van der Waals surface area contributed by atoms with Gasteiger partial charge >= 0.3 is 0 Å². The van der Waals surface area contributed by atoms with E-state index in [1.165, 1.54) is 6.92 Å². The van der Waals surface area contributed by atoms with E-state index in [9.17, 15) is 30.0 Å². The summed E-state index contributed by atoms with van der Waals surface area (Å²) in [6, 6.07) is -0.835. The molecule has 12 heteroatoms. The molecule has 0 aromatic carbocycles. The van der Waals surface area contributed by atoms with Crippen molar-refractivity contribution in [1.29, 1.82) is 0 Å². The summed E-state index contributed by atoms with van der Waals surface area (Å²) in [6.07, 6.45) is -9.09. The van der Waals surface area contributed by atoms with Crippen molar-refractivity contribution in [1.82, 2.24) is 5.32 Å². The van der Waals surface area contributed by atoms with Crippen LogP contribution < -0.4 is 5.32 Å². The van der Waals surface area contributed by atoms with Gasteiger partial charge < -0.3 is 48.9 Å². The molecular formula is C16H27NO10S. The molecule has 2 aliphatic heterocycles. The number of hydrogen-bond donors (Lipinski definition) is 5. The molecule has 0 aliphatic carbocycles. The number of carbonyl (C=O) groups excluding carboxylic acids is 2. The summed E-state index contributed by atoms with van der Waals surface area (Å²) < 4.78 is 21.8. The normalized spacial score (nSPS) is 44.1. The lowest BCUT2D eigenvalue weighted by Crippen LogP contribution is -2.67. The van der Waals surface area contributed by atoms with E-state index < -0.39 is 73.7 Å². The molecule has 11 nitrogen and oxygen atoms in total. The largest absolute Gasteiger partial charge is 0.394 e. The number of carbonyl (C=O) groups is 2. The smallest absolute Gasteiger partial charge is 0.217 e. The van der Waals surface area contributed by atoms with Crippen molar-refractivity contribution >= 4 is 24.2 Å². The minimum Gasteiger partial charge on any atom is -0.394 e. The van der Waals surface area contributed by atoms with Gasteiger partial charge in [0, 0.05) is 13.2 Å². The lowest BCUT2D eigenvalue weighted by atomic mass is 9.92. The van der Waals surface area contributed by atoms with Gasteiger partial charge in [0.2, 0.25) is 5.91 Å². The molecule has 2 heterocycles. The first-order valence-corrected chi connectivity index (χ1v) is 9.93. The number of nitrogens with one attached hydrogen (secondary N) is 1. The Morgan fingerprint density at radius 2 is 1.86 bits per heavy atom. The Morgan fingerprint density at radius 3 is 2.39 bits per heavy atom. The summed E-state index contributed by atoms with van der Waals surface area (Å²) in [5.41, 5.74) is 0. The summed E-state index contributed by atoms with van der Waals surface area (Å²) in [5.74, 6) is -0.409. The van der Waals surface area contributed by atoms with E-state index in [0.29, 0.717) is 6.29 Å². The second-order valence-corrected chi connectivity index (χ2v) is 7.22. The van der Waals surface area contributed by atoms with E-state index in [1.54, 1.807) is 13.2 Å². The highest BCUT2D eigenvalue weighted by Gasteiger charge is 2.51. The molecule has 0 saturated carbocycles. The maximum atomic E-state index is 11.5. The van der Waals surface area contributed by atoms with Gasteiger partial charge in [-0.25, -0.2) is 0 Å². The van der Waals surface area contributed by atoms with Crippen molar-refractivity contribution in [3.05, 3.63) is 0 Å².